The van der Waals surface area contributed by atoms with Crippen LogP contribution in [0.15, 0.2) is 59.5 Å². The van der Waals surface area contributed by atoms with E-state index in [4.69, 9.17) is 5.73 Å². The molecule has 0 aliphatic heterocycles. The van der Waals surface area contributed by atoms with Gasteiger partial charge in [0.15, 0.2) is 0 Å². The van der Waals surface area contributed by atoms with Crippen molar-refractivity contribution in [1.82, 2.24) is 9.62 Å². The highest BCUT2D eigenvalue weighted by Gasteiger charge is 2.24. The van der Waals surface area contributed by atoms with Crippen molar-refractivity contribution in [2.24, 2.45) is 11.7 Å². The first-order chi connectivity index (χ1) is 12.2. The molecule has 26 heavy (non-hydrogen) atoms. The number of nitrogens with zero attached hydrogens (tertiary/aromatic N) is 1. The molecule has 0 aliphatic carbocycles. The molecule has 6 nitrogen and oxygen atoms in total. The quantitative estimate of drug-likeness (QED) is 0.773. The molecule has 0 fully saturated rings. The van der Waals surface area contributed by atoms with Crippen LogP contribution in [0.3, 0.4) is 0 Å². The summed E-state index contributed by atoms with van der Waals surface area (Å²) in [7, 11) is -0.622. The summed E-state index contributed by atoms with van der Waals surface area (Å²) in [6.45, 7) is 1.88. The second kappa shape index (κ2) is 8.44. The van der Waals surface area contributed by atoms with Crippen molar-refractivity contribution in [3.8, 4) is 0 Å². The molecule has 2 aromatic rings. The van der Waals surface area contributed by atoms with Crippen molar-refractivity contribution in [3.63, 3.8) is 0 Å². The lowest BCUT2D eigenvalue weighted by Gasteiger charge is -2.20. The Morgan fingerprint density at radius 3 is 2.27 bits per heavy atom. The van der Waals surface area contributed by atoms with Gasteiger partial charge < -0.3 is 11.1 Å². The van der Waals surface area contributed by atoms with Crippen molar-refractivity contribution in [3.05, 3.63) is 65.7 Å². The molecule has 0 aliphatic rings. The molecular weight excluding hydrogens is 350 g/mol. The molecular formula is C19H25N3O3S. The van der Waals surface area contributed by atoms with Gasteiger partial charge in [-0.2, -0.15) is 0 Å². The van der Waals surface area contributed by atoms with E-state index >= 15 is 0 Å². The maximum atomic E-state index is 12.5. The monoisotopic (exact) mass is 375 g/mol. The third-order valence-corrected chi connectivity index (χ3v) is 6.24. The topological polar surface area (TPSA) is 92.5 Å². The fourth-order valence-corrected chi connectivity index (χ4v) is 3.68. The highest BCUT2D eigenvalue weighted by Crippen LogP contribution is 2.21. The summed E-state index contributed by atoms with van der Waals surface area (Å²) in [5.74, 6) is -0.673. The lowest BCUT2D eigenvalue weighted by molar-refractivity contribution is -0.125. The molecule has 2 atom stereocenters. The van der Waals surface area contributed by atoms with E-state index in [0.29, 0.717) is 5.56 Å². The summed E-state index contributed by atoms with van der Waals surface area (Å²) in [6, 6.07) is 15.6. The first-order valence-corrected chi connectivity index (χ1v) is 9.78. The lowest BCUT2D eigenvalue weighted by atomic mass is 9.94. The largest absolute Gasteiger partial charge is 0.352 e. The molecule has 0 saturated heterocycles. The Morgan fingerprint density at radius 2 is 1.65 bits per heavy atom. The standard InChI is InChI=1S/C19H25N3O3S/c1-14(18(20)15-9-5-4-6-10-15)19(23)21-13-16-11-7-8-12-17(16)26(24,25)22(2)3/h4-12,14,18H,13,20H2,1-3H3,(H,21,23). The molecule has 2 aromatic carbocycles. The summed E-state index contributed by atoms with van der Waals surface area (Å²) < 4.78 is 26.0. The van der Waals surface area contributed by atoms with Crippen LogP contribution in [-0.4, -0.2) is 32.7 Å². The number of benzene rings is 2. The Bertz CT molecular complexity index is 851. The van der Waals surface area contributed by atoms with E-state index in [-0.39, 0.29) is 17.3 Å². The number of carbonyl (C=O) groups is 1. The van der Waals surface area contributed by atoms with Gasteiger partial charge in [-0.1, -0.05) is 55.5 Å². The molecule has 140 valence electrons. The number of sulfonamides is 1. The first kappa shape index (κ1) is 20.1. The highest BCUT2D eigenvalue weighted by molar-refractivity contribution is 7.89. The van der Waals surface area contributed by atoms with Gasteiger partial charge in [0.2, 0.25) is 15.9 Å². The Hall–Kier alpha value is -2.22. The van der Waals surface area contributed by atoms with Gasteiger partial charge >= 0.3 is 0 Å². The molecule has 0 bridgehead atoms. The average molecular weight is 375 g/mol. The van der Waals surface area contributed by atoms with E-state index in [1.54, 1.807) is 25.1 Å². The maximum Gasteiger partial charge on any atom is 0.242 e. The SMILES string of the molecule is CC(C(=O)NCc1ccccc1S(=O)(=O)N(C)C)C(N)c1ccccc1. The lowest BCUT2D eigenvalue weighted by Crippen LogP contribution is -2.35. The molecule has 0 radical (unpaired) electrons. The minimum absolute atomic E-state index is 0.119. The van der Waals surface area contributed by atoms with Crippen LogP contribution in [0.25, 0.3) is 0 Å². The van der Waals surface area contributed by atoms with Gasteiger partial charge in [-0.25, -0.2) is 12.7 Å². The molecule has 1 amide bonds. The zero-order chi connectivity index (χ0) is 19.3. The third kappa shape index (κ3) is 4.49. The second-order valence-corrected chi connectivity index (χ2v) is 8.46. The predicted molar refractivity (Wildman–Crippen MR) is 102 cm³/mol. The minimum Gasteiger partial charge on any atom is -0.352 e. The summed E-state index contributed by atoms with van der Waals surface area (Å²) in [6.07, 6.45) is 0. The van der Waals surface area contributed by atoms with Gasteiger partial charge in [0, 0.05) is 26.7 Å². The molecule has 0 spiro atoms. The van der Waals surface area contributed by atoms with E-state index in [0.717, 1.165) is 9.87 Å². The number of rotatable bonds is 7. The molecule has 2 rings (SSSR count). The van der Waals surface area contributed by atoms with Crippen molar-refractivity contribution < 1.29 is 13.2 Å². The van der Waals surface area contributed by atoms with Crippen molar-refractivity contribution in [2.45, 2.75) is 24.4 Å². The summed E-state index contributed by atoms with van der Waals surface area (Å²) in [5, 5.41) is 2.80. The van der Waals surface area contributed by atoms with Crippen molar-refractivity contribution in [1.29, 1.82) is 0 Å². The van der Waals surface area contributed by atoms with Crippen LogP contribution in [0.1, 0.15) is 24.1 Å². The number of hydrogen-bond donors (Lipinski definition) is 2. The van der Waals surface area contributed by atoms with Gasteiger partial charge in [-0.05, 0) is 17.2 Å². The number of hydrogen-bond acceptors (Lipinski definition) is 4. The van der Waals surface area contributed by atoms with Gasteiger partial charge in [-0.15, -0.1) is 0 Å². The number of nitrogens with two attached hydrogens (primary N) is 1. The number of nitrogens with one attached hydrogen (secondary N) is 1. The van der Waals surface area contributed by atoms with Crippen LogP contribution in [0.4, 0.5) is 0 Å². The van der Waals surface area contributed by atoms with Gasteiger partial charge in [0.25, 0.3) is 0 Å². The first-order valence-electron chi connectivity index (χ1n) is 8.34. The van der Waals surface area contributed by atoms with Gasteiger partial charge in [-0.3, -0.25) is 4.79 Å². The molecule has 0 heterocycles. The third-order valence-electron chi connectivity index (χ3n) is 4.32. The van der Waals surface area contributed by atoms with E-state index in [2.05, 4.69) is 5.32 Å². The molecule has 0 aromatic heterocycles. The van der Waals surface area contributed by atoms with Crippen LogP contribution in [0.5, 0.6) is 0 Å². The second-order valence-electron chi connectivity index (χ2n) is 6.34. The highest BCUT2D eigenvalue weighted by atomic mass is 32.2. The number of amides is 1. The summed E-state index contributed by atoms with van der Waals surface area (Å²) in [5.41, 5.74) is 7.60. The van der Waals surface area contributed by atoms with E-state index in [1.165, 1.54) is 20.2 Å². The van der Waals surface area contributed by atoms with E-state index < -0.39 is 22.0 Å². The minimum atomic E-state index is -3.58. The normalized spacial score (nSPS) is 14.0. The van der Waals surface area contributed by atoms with Gasteiger partial charge in [0.1, 0.15) is 0 Å². The van der Waals surface area contributed by atoms with Crippen LogP contribution < -0.4 is 11.1 Å². The molecule has 2 unspecified atom stereocenters. The van der Waals surface area contributed by atoms with Crippen molar-refractivity contribution >= 4 is 15.9 Å². The van der Waals surface area contributed by atoms with E-state index in [9.17, 15) is 13.2 Å². The average Bonchev–Trinajstić information content (AvgIpc) is 2.65. The van der Waals surface area contributed by atoms with E-state index in [1.807, 2.05) is 30.3 Å². The maximum absolute atomic E-state index is 12.5. The van der Waals surface area contributed by atoms with Gasteiger partial charge in [0.05, 0.1) is 10.8 Å². The molecule has 3 N–H and O–H groups in total. The van der Waals surface area contributed by atoms with Crippen molar-refractivity contribution in [2.75, 3.05) is 14.1 Å². The zero-order valence-corrected chi connectivity index (χ0v) is 16.0. The Morgan fingerprint density at radius 1 is 1.08 bits per heavy atom. The van der Waals surface area contributed by atoms with Crippen LogP contribution >= 0.6 is 0 Å². The predicted octanol–water partition coefficient (Wildman–Crippen LogP) is 1.89. The smallest absolute Gasteiger partial charge is 0.242 e. The van der Waals surface area contributed by atoms with Crippen LogP contribution in [0, 0.1) is 5.92 Å². The summed E-state index contributed by atoms with van der Waals surface area (Å²) in [4.78, 5) is 12.7. The fourth-order valence-electron chi connectivity index (χ4n) is 2.57. The van der Waals surface area contributed by atoms with Crippen LogP contribution in [0.2, 0.25) is 0 Å². The Kier molecular flexibility index (Phi) is 6.52. The van der Waals surface area contributed by atoms with Crippen LogP contribution in [-0.2, 0) is 21.4 Å². The summed E-state index contributed by atoms with van der Waals surface area (Å²) >= 11 is 0. The fraction of sp³-hybridized carbons (Fsp3) is 0.316. The molecule has 7 heteroatoms. The Labute approximate surface area is 155 Å². The zero-order valence-electron chi connectivity index (χ0n) is 15.2. The Balaban J connectivity index is 2.11. The number of carbonyl (C=O) groups excluding carboxylic acids is 1. The molecule has 0 saturated carbocycles.